The molecule has 0 fully saturated rings. The lowest BCUT2D eigenvalue weighted by molar-refractivity contribution is -0.113. The van der Waals surface area contributed by atoms with Crippen molar-refractivity contribution in [2.45, 2.75) is 0 Å². The molecular formula is C20H10Br2O2. The summed E-state index contributed by atoms with van der Waals surface area (Å²) in [7, 11) is 0. The van der Waals surface area contributed by atoms with E-state index < -0.39 is 0 Å². The molecule has 116 valence electrons. The fourth-order valence-corrected chi connectivity index (χ4v) is 4.00. The van der Waals surface area contributed by atoms with E-state index in [4.69, 9.17) is 0 Å². The number of carbonyl (C=O) groups excluding carboxylic acids is 2. The molecule has 0 amide bonds. The van der Waals surface area contributed by atoms with Gasteiger partial charge in [-0.3, -0.25) is 9.59 Å². The fraction of sp³-hybridized carbons (Fsp3) is 0. The van der Waals surface area contributed by atoms with Crippen LogP contribution in [0.4, 0.5) is 0 Å². The SMILES string of the molecule is O=C1C=CC(=O)C(c2cccc3c2cc(Br)c2ccc(Br)cc23)=C1. The lowest BCUT2D eigenvalue weighted by atomic mass is 9.90. The van der Waals surface area contributed by atoms with E-state index in [-0.39, 0.29) is 11.6 Å². The minimum absolute atomic E-state index is 0.146. The van der Waals surface area contributed by atoms with Crippen molar-refractivity contribution in [3.63, 3.8) is 0 Å². The minimum atomic E-state index is -0.163. The third-order valence-electron chi connectivity index (χ3n) is 4.15. The van der Waals surface area contributed by atoms with Gasteiger partial charge in [-0.25, -0.2) is 0 Å². The Morgan fingerprint density at radius 2 is 1.58 bits per heavy atom. The summed E-state index contributed by atoms with van der Waals surface area (Å²) in [4.78, 5) is 24.0. The van der Waals surface area contributed by atoms with Crippen LogP contribution in [0.2, 0.25) is 0 Å². The molecule has 0 aromatic heterocycles. The first kappa shape index (κ1) is 15.5. The van der Waals surface area contributed by atoms with Crippen LogP contribution in [0.3, 0.4) is 0 Å². The molecule has 0 unspecified atom stereocenters. The average molecular weight is 442 g/mol. The highest BCUT2D eigenvalue weighted by atomic mass is 79.9. The molecule has 0 spiro atoms. The van der Waals surface area contributed by atoms with Crippen LogP contribution < -0.4 is 0 Å². The molecule has 0 saturated carbocycles. The second-order valence-corrected chi connectivity index (χ2v) is 7.38. The van der Waals surface area contributed by atoms with Crippen LogP contribution in [0.15, 0.2) is 69.6 Å². The normalized spacial score (nSPS) is 14.5. The maximum Gasteiger partial charge on any atom is 0.186 e. The minimum Gasteiger partial charge on any atom is -0.290 e. The van der Waals surface area contributed by atoms with Crippen molar-refractivity contribution >= 4 is 70.5 Å². The molecule has 4 rings (SSSR count). The van der Waals surface area contributed by atoms with Gasteiger partial charge < -0.3 is 0 Å². The molecule has 0 aliphatic heterocycles. The van der Waals surface area contributed by atoms with Gasteiger partial charge in [0.2, 0.25) is 0 Å². The lowest BCUT2D eigenvalue weighted by Gasteiger charge is -2.13. The smallest absolute Gasteiger partial charge is 0.186 e. The third kappa shape index (κ3) is 2.46. The summed E-state index contributed by atoms with van der Waals surface area (Å²) in [5.41, 5.74) is 1.21. The zero-order chi connectivity index (χ0) is 16.8. The summed E-state index contributed by atoms with van der Waals surface area (Å²) in [6.07, 6.45) is 4.05. The molecule has 0 saturated heterocycles. The van der Waals surface area contributed by atoms with E-state index in [1.165, 1.54) is 18.2 Å². The third-order valence-corrected chi connectivity index (χ3v) is 5.30. The zero-order valence-electron chi connectivity index (χ0n) is 12.3. The van der Waals surface area contributed by atoms with Crippen LogP contribution in [0.5, 0.6) is 0 Å². The van der Waals surface area contributed by atoms with E-state index >= 15 is 0 Å². The molecule has 3 aromatic rings. The number of ketones is 2. The largest absolute Gasteiger partial charge is 0.290 e. The Hall–Kier alpha value is -2.04. The molecule has 2 nitrogen and oxygen atoms in total. The Bertz CT molecular complexity index is 1110. The van der Waals surface area contributed by atoms with Gasteiger partial charge in [-0.2, -0.15) is 0 Å². The Morgan fingerprint density at radius 1 is 0.750 bits per heavy atom. The number of fused-ring (bicyclic) bond motifs is 3. The highest BCUT2D eigenvalue weighted by Crippen LogP contribution is 2.37. The van der Waals surface area contributed by atoms with Gasteiger partial charge in [0.15, 0.2) is 11.6 Å². The van der Waals surface area contributed by atoms with E-state index in [0.29, 0.717) is 5.57 Å². The van der Waals surface area contributed by atoms with Crippen molar-refractivity contribution in [1.82, 2.24) is 0 Å². The zero-order valence-corrected chi connectivity index (χ0v) is 15.5. The first-order valence-electron chi connectivity index (χ1n) is 7.33. The summed E-state index contributed by atoms with van der Waals surface area (Å²) in [5.74, 6) is -0.309. The summed E-state index contributed by atoms with van der Waals surface area (Å²) < 4.78 is 1.95. The second kappa shape index (κ2) is 5.80. The van der Waals surface area contributed by atoms with Crippen molar-refractivity contribution in [2.75, 3.05) is 0 Å². The molecule has 1 aliphatic rings. The summed E-state index contributed by atoms with van der Waals surface area (Å²) in [6, 6.07) is 14.0. The lowest BCUT2D eigenvalue weighted by Crippen LogP contribution is -2.07. The van der Waals surface area contributed by atoms with E-state index in [9.17, 15) is 9.59 Å². The molecule has 1 aliphatic carbocycles. The van der Waals surface area contributed by atoms with Crippen molar-refractivity contribution in [3.05, 3.63) is 75.2 Å². The molecule has 0 radical (unpaired) electrons. The molecule has 0 heterocycles. The Morgan fingerprint density at radius 3 is 2.42 bits per heavy atom. The predicted molar refractivity (Wildman–Crippen MR) is 104 cm³/mol. The maximum absolute atomic E-state index is 12.3. The fourth-order valence-electron chi connectivity index (χ4n) is 3.06. The van der Waals surface area contributed by atoms with Crippen LogP contribution in [0.25, 0.3) is 27.1 Å². The number of allylic oxidation sites excluding steroid dienone is 4. The molecule has 0 atom stereocenters. The van der Waals surface area contributed by atoms with Gasteiger partial charge in [0.1, 0.15) is 0 Å². The molecule has 3 aromatic carbocycles. The molecule has 24 heavy (non-hydrogen) atoms. The van der Waals surface area contributed by atoms with Crippen molar-refractivity contribution in [1.29, 1.82) is 0 Å². The summed E-state index contributed by atoms with van der Waals surface area (Å²) in [6.45, 7) is 0. The quantitative estimate of drug-likeness (QED) is 0.363. The van der Waals surface area contributed by atoms with Gasteiger partial charge in [0.05, 0.1) is 0 Å². The number of hydrogen-bond donors (Lipinski definition) is 0. The van der Waals surface area contributed by atoms with Crippen LogP contribution in [0, 0.1) is 0 Å². The highest BCUT2D eigenvalue weighted by Gasteiger charge is 2.18. The maximum atomic E-state index is 12.3. The van der Waals surface area contributed by atoms with E-state index in [2.05, 4.69) is 37.9 Å². The van der Waals surface area contributed by atoms with Crippen molar-refractivity contribution in [2.24, 2.45) is 0 Å². The molecular weight excluding hydrogens is 432 g/mol. The number of carbonyl (C=O) groups is 2. The van der Waals surface area contributed by atoms with Gasteiger partial charge in [-0.1, -0.05) is 56.1 Å². The predicted octanol–water partition coefficient (Wildman–Crippen LogP) is 5.61. The monoisotopic (exact) mass is 440 g/mol. The molecule has 4 heteroatoms. The Kier molecular flexibility index (Phi) is 3.74. The first-order valence-corrected chi connectivity index (χ1v) is 8.92. The topological polar surface area (TPSA) is 34.1 Å². The second-order valence-electron chi connectivity index (χ2n) is 5.61. The van der Waals surface area contributed by atoms with E-state index in [0.717, 1.165) is 36.1 Å². The van der Waals surface area contributed by atoms with Gasteiger partial charge in [-0.15, -0.1) is 0 Å². The van der Waals surface area contributed by atoms with Crippen molar-refractivity contribution < 1.29 is 9.59 Å². The Balaban J connectivity index is 2.11. The van der Waals surface area contributed by atoms with Crippen LogP contribution in [0.1, 0.15) is 5.56 Å². The van der Waals surface area contributed by atoms with Crippen LogP contribution in [-0.2, 0) is 9.59 Å². The summed E-state index contributed by atoms with van der Waals surface area (Å²) in [5, 5.41) is 4.17. The number of rotatable bonds is 1. The summed E-state index contributed by atoms with van der Waals surface area (Å²) >= 11 is 7.15. The first-order chi connectivity index (χ1) is 11.5. The van der Waals surface area contributed by atoms with Crippen LogP contribution >= 0.6 is 31.9 Å². The Labute approximate surface area is 155 Å². The van der Waals surface area contributed by atoms with E-state index in [1.54, 1.807) is 0 Å². The average Bonchev–Trinajstić information content (AvgIpc) is 2.57. The van der Waals surface area contributed by atoms with Crippen molar-refractivity contribution in [3.8, 4) is 0 Å². The number of hydrogen-bond acceptors (Lipinski definition) is 2. The number of benzene rings is 3. The van der Waals surface area contributed by atoms with Gasteiger partial charge in [0, 0.05) is 14.5 Å². The van der Waals surface area contributed by atoms with Gasteiger partial charge in [0.25, 0.3) is 0 Å². The standard InChI is InChI=1S/C20H10Br2O2/c21-11-4-6-15-16(8-11)13-2-1-3-14(17(13)10-19(15)22)18-9-12(23)5-7-20(18)24/h1-10H. The molecule has 0 N–H and O–H groups in total. The van der Waals surface area contributed by atoms with E-state index in [1.807, 2.05) is 36.4 Å². The number of halogens is 2. The highest BCUT2D eigenvalue weighted by molar-refractivity contribution is 9.11. The van der Waals surface area contributed by atoms with Gasteiger partial charge >= 0.3 is 0 Å². The molecule has 0 bridgehead atoms. The van der Waals surface area contributed by atoms with Crippen LogP contribution in [-0.4, -0.2) is 11.6 Å². The van der Waals surface area contributed by atoms with Gasteiger partial charge in [-0.05, 0) is 63.5 Å².